The summed E-state index contributed by atoms with van der Waals surface area (Å²) < 4.78 is 42.0. The first-order chi connectivity index (χ1) is 13.2. The van der Waals surface area contributed by atoms with Crippen molar-refractivity contribution in [1.82, 2.24) is 4.57 Å². The Balaban J connectivity index is 1.90. The second-order valence-corrected chi connectivity index (χ2v) is 6.03. The number of benzene rings is 2. The van der Waals surface area contributed by atoms with Gasteiger partial charge in [0, 0.05) is 36.3 Å². The molecule has 3 aromatic rings. The summed E-state index contributed by atoms with van der Waals surface area (Å²) in [6.07, 6.45) is -1.12. The number of rotatable bonds is 4. The molecule has 2 amide bonds. The van der Waals surface area contributed by atoms with Crippen LogP contribution in [0.3, 0.4) is 0 Å². The fourth-order valence-electron chi connectivity index (χ4n) is 2.68. The molecule has 2 N–H and O–H groups in total. The van der Waals surface area contributed by atoms with Crippen molar-refractivity contribution in [3.8, 4) is 5.69 Å². The molecule has 0 spiro atoms. The molecule has 0 aliphatic heterocycles. The highest BCUT2D eigenvalue weighted by molar-refractivity contribution is 6.05. The summed E-state index contributed by atoms with van der Waals surface area (Å²) in [5, 5.41) is 4.60. The van der Waals surface area contributed by atoms with Crippen molar-refractivity contribution in [2.75, 3.05) is 10.6 Å². The van der Waals surface area contributed by atoms with E-state index >= 15 is 0 Å². The van der Waals surface area contributed by atoms with Crippen LogP contribution >= 0.6 is 0 Å². The van der Waals surface area contributed by atoms with Crippen LogP contribution in [0.25, 0.3) is 5.69 Å². The molecule has 0 atom stereocenters. The molecule has 2 aromatic carbocycles. The lowest BCUT2D eigenvalue weighted by Crippen LogP contribution is -2.17. The van der Waals surface area contributed by atoms with Gasteiger partial charge in [-0.3, -0.25) is 9.59 Å². The van der Waals surface area contributed by atoms with E-state index in [1.807, 2.05) is 12.1 Å². The number of halogens is 3. The summed E-state index contributed by atoms with van der Waals surface area (Å²) in [7, 11) is 0. The zero-order valence-corrected chi connectivity index (χ0v) is 14.7. The Hall–Kier alpha value is -3.55. The van der Waals surface area contributed by atoms with E-state index in [1.54, 1.807) is 35.2 Å². The number of hydrogen-bond acceptors (Lipinski definition) is 2. The number of carbonyl (C=O) groups excluding carboxylic acids is 2. The number of nitrogens with zero attached hydrogens (tertiary/aromatic N) is 1. The van der Waals surface area contributed by atoms with Gasteiger partial charge in [0.2, 0.25) is 5.91 Å². The highest BCUT2D eigenvalue weighted by atomic mass is 19.4. The summed E-state index contributed by atoms with van der Waals surface area (Å²) >= 11 is 0. The van der Waals surface area contributed by atoms with Crippen LogP contribution in [0, 0.1) is 0 Å². The standard InChI is InChI=1S/C20H16F3N3O2/c1-13(27)24-15-7-8-18(17(12-15)20(21,22)23)25-19(28)14-5-4-6-16(11-14)26-9-2-3-10-26/h2-12H,1H3,(H,24,27)(H,25,28). The van der Waals surface area contributed by atoms with E-state index in [0.29, 0.717) is 5.69 Å². The topological polar surface area (TPSA) is 63.1 Å². The van der Waals surface area contributed by atoms with E-state index in [-0.39, 0.29) is 11.3 Å². The molecule has 0 fully saturated rings. The minimum absolute atomic E-state index is 0.00701. The molecule has 28 heavy (non-hydrogen) atoms. The average Bonchev–Trinajstić information content (AvgIpc) is 3.16. The molecule has 3 rings (SSSR count). The molecule has 1 heterocycles. The summed E-state index contributed by atoms with van der Waals surface area (Å²) in [4.78, 5) is 23.6. The predicted molar refractivity (Wildman–Crippen MR) is 99.5 cm³/mol. The van der Waals surface area contributed by atoms with Crippen molar-refractivity contribution in [3.05, 3.63) is 78.1 Å². The lowest BCUT2D eigenvalue weighted by molar-refractivity contribution is -0.137. The number of amides is 2. The number of aromatic nitrogens is 1. The summed E-state index contributed by atoms with van der Waals surface area (Å²) in [6, 6.07) is 13.3. The van der Waals surface area contributed by atoms with Crippen LogP contribution in [0.1, 0.15) is 22.8 Å². The average molecular weight is 387 g/mol. The maximum Gasteiger partial charge on any atom is 0.418 e. The Labute approximate surface area is 158 Å². The van der Waals surface area contributed by atoms with E-state index in [0.717, 1.165) is 12.1 Å². The van der Waals surface area contributed by atoms with Gasteiger partial charge in [0.1, 0.15) is 0 Å². The molecule has 8 heteroatoms. The van der Waals surface area contributed by atoms with Crippen molar-refractivity contribution in [2.45, 2.75) is 13.1 Å². The fourth-order valence-corrected chi connectivity index (χ4v) is 2.68. The first kappa shape index (κ1) is 19.2. The molecule has 5 nitrogen and oxygen atoms in total. The van der Waals surface area contributed by atoms with E-state index in [9.17, 15) is 22.8 Å². The second-order valence-electron chi connectivity index (χ2n) is 6.03. The van der Waals surface area contributed by atoms with E-state index in [1.165, 1.54) is 19.1 Å². The normalized spacial score (nSPS) is 11.1. The number of hydrogen-bond donors (Lipinski definition) is 2. The fraction of sp³-hybridized carbons (Fsp3) is 0.100. The van der Waals surface area contributed by atoms with Crippen LogP contribution in [-0.4, -0.2) is 16.4 Å². The lowest BCUT2D eigenvalue weighted by Gasteiger charge is -2.16. The van der Waals surface area contributed by atoms with Crippen LogP contribution < -0.4 is 10.6 Å². The molecule has 0 saturated carbocycles. The van der Waals surface area contributed by atoms with Gasteiger partial charge in [0.05, 0.1) is 11.3 Å². The number of anilines is 2. The van der Waals surface area contributed by atoms with Gasteiger partial charge in [-0.25, -0.2) is 0 Å². The molecular formula is C20H16F3N3O2. The SMILES string of the molecule is CC(=O)Nc1ccc(NC(=O)c2cccc(-n3cccc3)c2)c(C(F)(F)F)c1. The van der Waals surface area contributed by atoms with Crippen molar-refractivity contribution in [1.29, 1.82) is 0 Å². The molecule has 144 valence electrons. The minimum atomic E-state index is -4.70. The molecule has 0 aliphatic rings. The van der Waals surface area contributed by atoms with Crippen molar-refractivity contribution in [3.63, 3.8) is 0 Å². The van der Waals surface area contributed by atoms with Gasteiger partial charge in [-0.05, 0) is 48.5 Å². The molecule has 1 aromatic heterocycles. The van der Waals surface area contributed by atoms with Crippen LogP contribution in [0.2, 0.25) is 0 Å². The molecule has 0 saturated heterocycles. The van der Waals surface area contributed by atoms with Crippen LogP contribution in [-0.2, 0) is 11.0 Å². The Bertz CT molecular complexity index is 1010. The maximum absolute atomic E-state index is 13.4. The van der Waals surface area contributed by atoms with Gasteiger partial charge in [-0.2, -0.15) is 13.2 Å². The summed E-state index contributed by atoms with van der Waals surface area (Å²) in [5.41, 5.74) is -0.529. The van der Waals surface area contributed by atoms with Gasteiger partial charge in [-0.1, -0.05) is 6.07 Å². The molecule has 0 unspecified atom stereocenters. The smallest absolute Gasteiger partial charge is 0.326 e. The van der Waals surface area contributed by atoms with Gasteiger partial charge in [0.15, 0.2) is 0 Å². The predicted octanol–water partition coefficient (Wildman–Crippen LogP) is 4.71. The third kappa shape index (κ3) is 4.40. The summed E-state index contributed by atoms with van der Waals surface area (Å²) in [6.45, 7) is 1.20. The minimum Gasteiger partial charge on any atom is -0.326 e. The van der Waals surface area contributed by atoms with Gasteiger partial charge in [-0.15, -0.1) is 0 Å². The largest absolute Gasteiger partial charge is 0.418 e. The zero-order chi connectivity index (χ0) is 20.3. The Kier molecular flexibility index (Phi) is 5.21. The van der Waals surface area contributed by atoms with E-state index < -0.39 is 29.2 Å². The van der Waals surface area contributed by atoms with Gasteiger partial charge >= 0.3 is 6.18 Å². The van der Waals surface area contributed by atoms with E-state index in [4.69, 9.17) is 0 Å². The highest BCUT2D eigenvalue weighted by Crippen LogP contribution is 2.36. The van der Waals surface area contributed by atoms with Gasteiger partial charge < -0.3 is 15.2 Å². The second kappa shape index (κ2) is 7.59. The van der Waals surface area contributed by atoms with Crippen LogP contribution in [0.4, 0.5) is 24.5 Å². The molecule has 0 aliphatic carbocycles. The molecular weight excluding hydrogens is 371 g/mol. The number of carbonyl (C=O) groups is 2. The number of nitrogens with one attached hydrogen (secondary N) is 2. The van der Waals surface area contributed by atoms with Crippen molar-refractivity contribution >= 4 is 23.2 Å². The monoisotopic (exact) mass is 387 g/mol. The summed E-state index contributed by atoms with van der Waals surface area (Å²) in [5.74, 6) is -1.17. The highest BCUT2D eigenvalue weighted by Gasteiger charge is 2.34. The third-order valence-electron chi connectivity index (χ3n) is 3.90. The van der Waals surface area contributed by atoms with Gasteiger partial charge in [0.25, 0.3) is 5.91 Å². The first-order valence-electron chi connectivity index (χ1n) is 8.27. The lowest BCUT2D eigenvalue weighted by atomic mass is 10.1. The zero-order valence-electron chi connectivity index (χ0n) is 14.7. The quantitative estimate of drug-likeness (QED) is 0.681. The van der Waals surface area contributed by atoms with Crippen molar-refractivity contribution in [2.24, 2.45) is 0 Å². The first-order valence-corrected chi connectivity index (χ1v) is 8.27. The molecule has 0 radical (unpaired) electrons. The third-order valence-corrected chi connectivity index (χ3v) is 3.90. The van der Waals surface area contributed by atoms with E-state index in [2.05, 4.69) is 10.6 Å². The van der Waals surface area contributed by atoms with Crippen LogP contribution in [0.5, 0.6) is 0 Å². The van der Waals surface area contributed by atoms with Crippen molar-refractivity contribution < 1.29 is 22.8 Å². The number of alkyl halides is 3. The van der Waals surface area contributed by atoms with Crippen LogP contribution in [0.15, 0.2) is 67.0 Å². The molecule has 0 bridgehead atoms. The Morgan fingerprint density at radius 3 is 2.29 bits per heavy atom. The Morgan fingerprint density at radius 1 is 0.929 bits per heavy atom. The Morgan fingerprint density at radius 2 is 1.64 bits per heavy atom. The maximum atomic E-state index is 13.4.